The second-order valence-corrected chi connectivity index (χ2v) is 4.18. The molecular formula is C10H11ClFNO. The lowest BCUT2D eigenvalue weighted by molar-refractivity contribution is 0.453. The number of nitrogens with two attached hydrogens (primary N) is 1. The highest BCUT2D eigenvalue weighted by Crippen LogP contribution is 2.51. The molecule has 2 rings (SSSR count). The van der Waals surface area contributed by atoms with Gasteiger partial charge in [0.05, 0.1) is 5.02 Å². The molecule has 0 spiro atoms. The Kier molecular flexibility index (Phi) is 2.16. The van der Waals surface area contributed by atoms with Gasteiger partial charge in [0.1, 0.15) is 11.6 Å². The molecule has 1 aromatic rings. The summed E-state index contributed by atoms with van der Waals surface area (Å²) in [6.45, 7) is 0.461. The van der Waals surface area contributed by atoms with E-state index in [9.17, 15) is 9.50 Å². The molecular weight excluding hydrogens is 205 g/mol. The third-order valence-electron chi connectivity index (χ3n) is 2.85. The summed E-state index contributed by atoms with van der Waals surface area (Å²) in [4.78, 5) is 0. The van der Waals surface area contributed by atoms with Crippen molar-refractivity contribution in [1.82, 2.24) is 0 Å². The van der Waals surface area contributed by atoms with Crippen LogP contribution in [0.4, 0.5) is 4.39 Å². The predicted molar refractivity (Wildman–Crippen MR) is 53.0 cm³/mol. The zero-order valence-electron chi connectivity index (χ0n) is 7.56. The standard InChI is InChI=1S/C10H11ClFNO/c11-7-3-6(9(14)4-8(7)12)10(5-13)1-2-10/h3-4,14H,1-2,5,13H2. The number of rotatable bonds is 2. The van der Waals surface area contributed by atoms with Crippen LogP contribution in [-0.4, -0.2) is 11.7 Å². The monoisotopic (exact) mass is 215 g/mol. The lowest BCUT2D eigenvalue weighted by atomic mass is 9.95. The average molecular weight is 216 g/mol. The molecule has 14 heavy (non-hydrogen) atoms. The van der Waals surface area contributed by atoms with Crippen molar-refractivity contribution >= 4 is 11.6 Å². The highest BCUT2D eigenvalue weighted by Gasteiger charge is 2.44. The summed E-state index contributed by atoms with van der Waals surface area (Å²) in [6, 6.07) is 2.53. The number of phenols is 1. The van der Waals surface area contributed by atoms with E-state index in [1.54, 1.807) is 0 Å². The second-order valence-electron chi connectivity index (χ2n) is 3.77. The van der Waals surface area contributed by atoms with Crippen LogP contribution in [0.2, 0.25) is 5.02 Å². The van der Waals surface area contributed by atoms with Crippen molar-refractivity contribution in [1.29, 1.82) is 0 Å². The van der Waals surface area contributed by atoms with E-state index in [4.69, 9.17) is 17.3 Å². The molecule has 0 heterocycles. The first-order valence-corrected chi connectivity index (χ1v) is 4.85. The van der Waals surface area contributed by atoms with E-state index in [1.807, 2.05) is 0 Å². The summed E-state index contributed by atoms with van der Waals surface area (Å²) in [5.41, 5.74) is 6.12. The molecule has 0 saturated heterocycles. The fraction of sp³-hybridized carbons (Fsp3) is 0.400. The fourth-order valence-corrected chi connectivity index (χ4v) is 1.86. The first-order valence-electron chi connectivity index (χ1n) is 4.48. The summed E-state index contributed by atoms with van der Waals surface area (Å²) in [6.07, 6.45) is 1.86. The Balaban J connectivity index is 2.49. The van der Waals surface area contributed by atoms with Crippen molar-refractivity contribution in [3.8, 4) is 5.75 Å². The Morgan fingerprint density at radius 1 is 1.50 bits per heavy atom. The molecule has 76 valence electrons. The van der Waals surface area contributed by atoms with Crippen LogP contribution in [-0.2, 0) is 5.41 Å². The normalized spacial score (nSPS) is 18.2. The van der Waals surface area contributed by atoms with Gasteiger partial charge in [-0.15, -0.1) is 0 Å². The Bertz CT molecular complexity index is 377. The van der Waals surface area contributed by atoms with Gasteiger partial charge in [0.15, 0.2) is 0 Å². The Hall–Kier alpha value is -0.800. The van der Waals surface area contributed by atoms with Crippen LogP contribution in [0.1, 0.15) is 18.4 Å². The quantitative estimate of drug-likeness (QED) is 0.794. The van der Waals surface area contributed by atoms with Gasteiger partial charge in [-0.2, -0.15) is 0 Å². The highest BCUT2D eigenvalue weighted by molar-refractivity contribution is 6.30. The number of phenolic OH excluding ortho intramolecular Hbond substituents is 1. The lowest BCUT2D eigenvalue weighted by Crippen LogP contribution is -2.19. The van der Waals surface area contributed by atoms with Crippen LogP contribution in [0.15, 0.2) is 12.1 Å². The summed E-state index contributed by atoms with van der Waals surface area (Å²) >= 11 is 5.65. The van der Waals surface area contributed by atoms with Crippen LogP contribution in [0, 0.1) is 5.82 Å². The van der Waals surface area contributed by atoms with Crippen LogP contribution in [0.5, 0.6) is 5.75 Å². The highest BCUT2D eigenvalue weighted by atomic mass is 35.5. The molecule has 0 radical (unpaired) electrons. The lowest BCUT2D eigenvalue weighted by Gasteiger charge is -2.15. The number of benzene rings is 1. The molecule has 0 amide bonds. The predicted octanol–water partition coefficient (Wildman–Crippen LogP) is 2.17. The van der Waals surface area contributed by atoms with Gasteiger partial charge in [-0.3, -0.25) is 0 Å². The smallest absolute Gasteiger partial charge is 0.145 e. The minimum absolute atomic E-state index is 0.0394. The van der Waals surface area contributed by atoms with Crippen molar-refractivity contribution in [2.75, 3.05) is 6.54 Å². The van der Waals surface area contributed by atoms with Crippen molar-refractivity contribution in [2.45, 2.75) is 18.3 Å². The third-order valence-corrected chi connectivity index (χ3v) is 3.14. The van der Waals surface area contributed by atoms with Crippen molar-refractivity contribution in [3.63, 3.8) is 0 Å². The van der Waals surface area contributed by atoms with E-state index in [0.717, 1.165) is 18.9 Å². The molecule has 2 nitrogen and oxygen atoms in total. The summed E-state index contributed by atoms with van der Waals surface area (Å²) in [7, 11) is 0. The molecule has 1 aromatic carbocycles. The van der Waals surface area contributed by atoms with Gasteiger partial charge in [-0.05, 0) is 18.9 Å². The Labute approximate surface area is 86.5 Å². The second kappa shape index (κ2) is 3.11. The topological polar surface area (TPSA) is 46.2 Å². The minimum Gasteiger partial charge on any atom is -0.508 e. The van der Waals surface area contributed by atoms with E-state index in [0.29, 0.717) is 12.1 Å². The van der Waals surface area contributed by atoms with Gasteiger partial charge in [0, 0.05) is 23.6 Å². The summed E-state index contributed by atoms with van der Waals surface area (Å²) in [5, 5.41) is 9.61. The van der Waals surface area contributed by atoms with E-state index in [1.165, 1.54) is 6.07 Å². The maximum atomic E-state index is 12.9. The van der Waals surface area contributed by atoms with Crippen molar-refractivity contribution < 1.29 is 9.50 Å². The van der Waals surface area contributed by atoms with E-state index < -0.39 is 5.82 Å². The van der Waals surface area contributed by atoms with Gasteiger partial charge in [0.25, 0.3) is 0 Å². The molecule has 3 N–H and O–H groups in total. The average Bonchev–Trinajstić information content (AvgIpc) is 2.92. The SMILES string of the molecule is NCC1(c2cc(Cl)c(F)cc2O)CC1. The molecule has 4 heteroatoms. The van der Waals surface area contributed by atoms with E-state index in [2.05, 4.69) is 0 Å². The number of halogens is 2. The number of hydrogen-bond acceptors (Lipinski definition) is 2. The molecule has 0 atom stereocenters. The largest absolute Gasteiger partial charge is 0.508 e. The van der Waals surface area contributed by atoms with Gasteiger partial charge >= 0.3 is 0 Å². The van der Waals surface area contributed by atoms with Crippen LogP contribution in [0.25, 0.3) is 0 Å². The van der Waals surface area contributed by atoms with Gasteiger partial charge in [-0.1, -0.05) is 11.6 Å². The van der Waals surface area contributed by atoms with Crippen molar-refractivity contribution in [3.05, 3.63) is 28.5 Å². The molecule has 0 aliphatic heterocycles. The van der Waals surface area contributed by atoms with E-state index in [-0.39, 0.29) is 16.2 Å². The fourth-order valence-electron chi connectivity index (χ4n) is 1.70. The van der Waals surface area contributed by atoms with Crippen LogP contribution in [0.3, 0.4) is 0 Å². The zero-order valence-corrected chi connectivity index (χ0v) is 8.31. The molecule has 1 fully saturated rings. The number of aromatic hydroxyl groups is 1. The molecule has 0 unspecified atom stereocenters. The van der Waals surface area contributed by atoms with E-state index >= 15 is 0 Å². The first kappa shape index (κ1) is 9.74. The maximum Gasteiger partial charge on any atom is 0.145 e. The Morgan fingerprint density at radius 2 is 2.14 bits per heavy atom. The van der Waals surface area contributed by atoms with Crippen LogP contribution >= 0.6 is 11.6 Å². The third kappa shape index (κ3) is 1.37. The van der Waals surface area contributed by atoms with Crippen LogP contribution < -0.4 is 5.73 Å². The molecule has 1 aliphatic rings. The van der Waals surface area contributed by atoms with Crippen molar-refractivity contribution in [2.24, 2.45) is 5.73 Å². The molecule has 1 aliphatic carbocycles. The van der Waals surface area contributed by atoms with Gasteiger partial charge in [-0.25, -0.2) is 4.39 Å². The zero-order chi connectivity index (χ0) is 10.3. The first-order chi connectivity index (χ1) is 6.59. The summed E-state index contributed by atoms with van der Waals surface area (Å²) in [5.74, 6) is -0.643. The minimum atomic E-state index is -0.597. The molecule has 0 aromatic heterocycles. The Morgan fingerprint density at radius 3 is 2.64 bits per heavy atom. The maximum absolute atomic E-state index is 12.9. The van der Waals surface area contributed by atoms with Gasteiger partial charge in [0.2, 0.25) is 0 Å². The molecule has 0 bridgehead atoms. The summed E-state index contributed by atoms with van der Waals surface area (Å²) < 4.78 is 12.9. The van der Waals surface area contributed by atoms with Gasteiger partial charge < -0.3 is 10.8 Å². The molecule has 1 saturated carbocycles. The number of hydrogen-bond donors (Lipinski definition) is 2.